The number of halogens is 1. The lowest BCUT2D eigenvalue weighted by Crippen LogP contribution is -2.42. The average Bonchev–Trinajstić information content (AvgIpc) is 2.92. The number of nitrogens with zero attached hydrogens (tertiary/aromatic N) is 1. The largest absolute Gasteiger partial charge is 0.489 e. The van der Waals surface area contributed by atoms with Gasteiger partial charge in [-0.2, -0.15) is 4.31 Å². The number of hydrogen-bond acceptors (Lipinski definition) is 5. The zero-order valence-corrected chi connectivity index (χ0v) is 23.7. The summed E-state index contributed by atoms with van der Waals surface area (Å²) in [5.41, 5.74) is 7.12. The zero-order chi connectivity index (χ0) is 28.2. The van der Waals surface area contributed by atoms with E-state index in [1.165, 1.54) is 28.6 Å². The molecule has 10 heteroatoms. The van der Waals surface area contributed by atoms with E-state index in [-0.39, 0.29) is 10.5 Å². The summed E-state index contributed by atoms with van der Waals surface area (Å²) in [6.07, 6.45) is 0.999. The van der Waals surface area contributed by atoms with E-state index in [1.54, 1.807) is 36.4 Å². The summed E-state index contributed by atoms with van der Waals surface area (Å²) in [4.78, 5) is 25.2. The van der Waals surface area contributed by atoms with E-state index >= 15 is 0 Å². The molecule has 0 radical (unpaired) electrons. The Bertz CT molecular complexity index is 1430. The van der Waals surface area contributed by atoms with Gasteiger partial charge in [0.2, 0.25) is 10.0 Å². The van der Waals surface area contributed by atoms with Gasteiger partial charge in [-0.05, 0) is 90.9 Å². The SMILES string of the molecule is Cc1cc(OCc2ccc(C(=O)NNC(=O)c3ccc(S(=O)(=O)N4C[C@@H](C)C[C@H](C)C4)cc3)cc2)ccc1Cl. The molecule has 0 aromatic heterocycles. The zero-order valence-electron chi connectivity index (χ0n) is 22.1. The first-order valence-electron chi connectivity index (χ1n) is 12.7. The first kappa shape index (κ1) is 28.6. The van der Waals surface area contributed by atoms with Gasteiger partial charge >= 0.3 is 0 Å². The van der Waals surface area contributed by atoms with Crippen LogP contribution in [0.2, 0.25) is 5.02 Å². The molecule has 0 bridgehead atoms. The summed E-state index contributed by atoms with van der Waals surface area (Å²) >= 11 is 6.04. The van der Waals surface area contributed by atoms with Crippen molar-refractivity contribution in [3.05, 3.63) is 94.0 Å². The van der Waals surface area contributed by atoms with E-state index in [9.17, 15) is 18.0 Å². The third-order valence-electron chi connectivity index (χ3n) is 6.63. The molecule has 4 rings (SSSR count). The van der Waals surface area contributed by atoms with E-state index in [4.69, 9.17) is 16.3 Å². The molecular weight excluding hydrogens is 538 g/mol. The molecule has 3 aromatic rings. The van der Waals surface area contributed by atoms with Gasteiger partial charge in [-0.15, -0.1) is 0 Å². The van der Waals surface area contributed by atoms with Crippen molar-refractivity contribution in [1.29, 1.82) is 0 Å². The monoisotopic (exact) mass is 569 g/mol. The van der Waals surface area contributed by atoms with Gasteiger partial charge in [0.25, 0.3) is 11.8 Å². The van der Waals surface area contributed by atoms with Crippen molar-refractivity contribution < 1.29 is 22.7 Å². The Morgan fingerprint density at radius 3 is 1.97 bits per heavy atom. The van der Waals surface area contributed by atoms with Crippen molar-refractivity contribution in [1.82, 2.24) is 15.2 Å². The van der Waals surface area contributed by atoms with Crippen LogP contribution in [0, 0.1) is 18.8 Å². The van der Waals surface area contributed by atoms with Crippen LogP contribution in [0.1, 0.15) is 52.1 Å². The molecule has 2 atom stereocenters. The number of nitrogens with one attached hydrogen (secondary N) is 2. The highest BCUT2D eigenvalue weighted by molar-refractivity contribution is 7.89. The standard InChI is InChI=1S/C29H32ClN3O5S/c1-19-14-20(2)17-33(16-19)39(36,37)26-11-8-24(9-12-26)29(35)32-31-28(34)23-6-4-22(5-7-23)18-38-25-10-13-27(30)21(3)15-25/h4-13,15,19-20H,14,16-18H2,1-3H3,(H,31,34)(H,32,35)/t19-,20-/m0/s1. The minimum Gasteiger partial charge on any atom is -0.489 e. The van der Waals surface area contributed by atoms with Crippen molar-refractivity contribution in [2.45, 2.75) is 38.7 Å². The van der Waals surface area contributed by atoms with E-state index in [1.807, 2.05) is 26.8 Å². The third-order valence-corrected chi connectivity index (χ3v) is 8.90. The summed E-state index contributed by atoms with van der Waals surface area (Å²) in [7, 11) is -3.64. The molecule has 1 saturated heterocycles. The molecule has 1 fully saturated rings. The fourth-order valence-corrected chi connectivity index (χ4v) is 6.41. The summed E-state index contributed by atoms with van der Waals surface area (Å²) in [6.45, 7) is 7.28. The van der Waals surface area contributed by atoms with Gasteiger partial charge in [0.05, 0.1) is 4.90 Å². The van der Waals surface area contributed by atoms with Gasteiger partial charge in [0.15, 0.2) is 0 Å². The quantitative estimate of drug-likeness (QED) is 0.391. The normalized spacial score (nSPS) is 17.8. The van der Waals surface area contributed by atoms with Crippen LogP contribution in [-0.2, 0) is 16.6 Å². The van der Waals surface area contributed by atoms with Crippen LogP contribution in [0.25, 0.3) is 0 Å². The fraction of sp³-hybridized carbons (Fsp3) is 0.310. The van der Waals surface area contributed by atoms with Crippen LogP contribution in [0.5, 0.6) is 5.75 Å². The Balaban J connectivity index is 1.29. The third kappa shape index (κ3) is 7.17. The van der Waals surface area contributed by atoms with Crippen LogP contribution < -0.4 is 15.6 Å². The second kappa shape index (κ2) is 12.2. The van der Waals surface area contributed by atoms with Gasteiger partial charge in [0.1, 0.15) is 12.4 Å². The molecule has 0 saturated carbocycles. The highest BCUT2D eigenvalue weighted by atomic mass is 35.5. The van der Waals surface area contributed by atoms with E-state index < -0.39 is 21.8 Å². The van der Waals surface area contributed by atoms with Crippen molar-refractivity contribution in [2.24, 2.45) is 11.8 Å². The maximum atomic E-state index is 13.0. The van der Waals surface area contributed by atoms with E-state index in [0.717, 1.165) is 17.5 Å². The average molecular weight is 570 g/mol. The van der Waals surface area contributed by atoms with E-state index in [0.29, 0.717) is 47.9 Å². The molecule has 0 unspecified atom stereocenters. The maximum Gasteiger partial charge on any atom is 0.269 e. The lowest BCUT2D eigenvalue weighted by molar-refractivity contribution is 0.0846. The van der Waals surface area contributed by atoms with Crippen molar-refractivity contribution in [3.8, 4) is 5.75 Å². The number of amides is 2. The van der Waals surface area contributed by atoms with Crippen LogP contribution in [0.3, 0.4) is 0 Å². The molecule has 8 nitrogen and oxygen atoms in total. The fourth-order valence-electron chi connectivity index (χ4n) is 4.61. The molecule has 206 valence electrons. The van der Waals surface area contributed by atoms with Crippen molar-refractivity contribution in [2.75, 3.05) is 13.1 Å². The second-order valence-corrected chi connectivity index (χ2v) is 12.4. The smallest absolute Gasteiger partial charge is 0.269 e. The summed E-state index contributed by atoms with van der Waals surface area (Å²) < 4.78 is 33.4. The van der Waals surface area contributed by atoms with Gasteiger partial charge in [0, 0.05) is 29.2 Å². The molecule has 3 aromatic carbocycles. The Kier molecular flexibility index (Phi) is 8.94. The summed E-state index contributed by atoms with van der Waals surface area (Å²) in [5, 5.41) is 0.673. The minimum atomic E-state index is -3.64. The number of aryl methyl sites for hydroxylation is 1. The van der Waals surface area contributed by atoms with Crippen molar-refractivity contribution in [3.63, 3.8) is 0 Å². The predicted octanol–water partition coefficient (Wildman–Crippen LogP) is 4.97. The van der Waals surface area contributed by atoms with E-state index in [2.05, 4.69) is 10.9 Å². The Morgan fingerprint density at radius 1 is 0.897 bits per heavy atom. The van der Waals surface area contributed by atoms with Crippen LogP contribution in [0.15, 0.2) is 71.6 Å². The molecule has 1 aliphatic rings. The molecule has 0 aliphatic carbocycles. The summed E-state index contributed by atoms with van der Waals surface area (Å²) in [5.74, 6) is 0.232. The Labute approximate surface area is 234 Å². The molecule has 1 aliphatic heterocycles. The van der Waals surface area contributed by atoms with Gasteiger partial charge in [-0.1, -0.05) is 37.6 Å². The van der Waals surface area contributed by atoms with Gasteiger partial charge < -0.3 is 4.74 Å². The molecular formula is C29H32ClN3O5S. The molecule has 39 heavy (non-hydrogen) atoms. The number of benzene rings is 3. The number of hydrazine groups is 1. The number of carbonyl (C=O) groups is 2. The van der Waals surface area contributed by atoms with Crippen LogP contribution in [-0.4, -0.2) is 37.6 Å². The molecule has 1 heterocycles. The highest BCUT2D eigenvalue weighted by Crippen LogP contribution is 2.27. The molecule has 2 amide bonds. The first-order chi connectivity index (χ1) is 18.5. The van der Waals surface area contributed by atoms with Crippen molar-refractivity contribution >= 4 is 33.4 Å². The predicted molar refractivity (Wildman–Crippen MR) is 150 cm³/mol. The number of carbonyl (C=O) groups excluding carboxylic acids is 2. The van der Waals surface area contributed by atoms with Gasteiger partial charge in [-0.25, -0.2) is 8.42 Å². The molecule has 0 spiro atoms. The highest BCUT2D eigenvalue weighted by Gasteiger charge is 2.31. The Hall–Kier alpha value is -3.40. The number of ether oxygens (including phenoxy) is 1. The Morgan fingerprint density at radius 2 is 1.44 bits per heavy atom. The number of rotatable bonds is 7. The number of hydrogen-bond donors (Lipinski definition) is 2. The molecule has 2 N–H and O–H groups in total. The van der Waals surface area contributed by atoms with Crippen LogP contribution in [0.4, 0.5) is 0 Å². The van der Waals surface area contributed by atoms with Crippen LogP contribution >= 0.6 is 11.6 Å². The van der Waals surface area contributed by atoms with Gasteiger partial charge in [-0.3, -0.25) is 20.4 Å². The lowest BCUT2D eigenvalue weighted by atomic mass is 9.94. The minimum absolute atomic E-state index is 0.139. The lowest BCUT2D eigenvalue weighted by Gasteiger charge is -2.34. The topological polar surface area (TPSA) is 105 Å². The summed E-state index contributed by atoms with van der Waals surface area (Å²) in [6, 6.07) is 17.9. The number of piperidine rings is 1. The number of sulfonamides is 1. The second-order valence-electron chi connectivity index (χ2n) is 10.1. The first-order valence-corrected chi connectivity index (χ1v) is 14.5. The maximum absolute atomic E-state index is 13.0.